The van der Waals surface area contributed by atoms with E-state index in [1.54, 1.807) is 12.1 Å². The molecule has 1 aromatic carbocycles. The van der Waals surface area contributed by atoms with Gasteiger partial charge in [-0.1, -0.05) is 12.8 Å². The number of rotatable bonds is 6. The Balaban J connectivity index is 1.85. The second kappa shape index (κ2) is 8.28. The van der Waals surface area contributed by atoms with Crippen LogP contribution in [0.5, 0.6) is 5.75 Å². The molecule has 0 heterocycles. The summed E-state index contributed by atoms with van der Waals surface area (Å²) in [5.74, 6) is 2.54. The maximum atomic E-state index is 12.2. The highest BCUT2D eigenvalue weighted by molar-refractivity contribution is 6.18. The summed E-state index contributed by atoms with van der Waals surface area (Å²) in [6.07, 6.45) is 4.87. The largest absolute Gasteiger partial charge is 0.494 e. The van der Waals surface area contributed by atoms with Crippen molar-refractivity contribution in [2.75, 3.05) is 19.0 Å². The topological polar surface area (TPSA) is 38.3 Å². The molecule has 0 spiro atoms. The molecule has 21 heavy (non-hydrogen) atoms. The number of halogens is 1. The van der Waals surface area contributed by atoms with E-state index < -0.39 is 0 Å². The first-order chi connectivity index (χ1) is 10.2. The minimum Gasteiger partial charge on any atom is -0.494 e. The van der Waals surface area contributed by atoms with Gasteiger partial charge >= 0.3 is 0 Å². The van der Waals surface area contributed by atoms with Crippen molar-refractivity contribution in [2.24, 2.45) is 11.8 Å². The fourth-order valence-electron chi connectivity index (χ4n) is 2.95. The number of hydrogen-bond donors (Lipinski definition) is 1. The van der Waals surface area contributed by atoms with E-state index in [9.17, 15) is 4.79 Å². The second-order valence-corrected chi connectivity index (χ2v) is 5.93. The van der Waals surface area contributed by atoms with Gasteiger partial charge in [-0.25, -0.2) is 0 Å². The van der Waals surface area contributed by atoms with E-state index >= 15 is 0 Å². The van der Waals surface area contributed by atoms with Crippen LogP contribution in [0.15, 0.2) is 24.3 Å². The van der Waals surface area contributed by atoms with E-state index in [2.05, 4.69) is 5.32 Å². The number of ether oxygens (including phenoxy) is 1. The van der Waals surface area contributed by atoms with Gasteiger partial charge in [-0.3, -0.25) is 4.79 Å². The standard InChI is InChI=1S/C17H24ClNO2/c1-2-21-16-9-7-13(8-10-16)17(20)19-12-15-6-4-3-5-14(15)11-18/h7-10,14-15H,2-6,11-12H2,1H3,(H,19,20). The van der Waals surface area contributed by atoms with Gasteiger partial charge in [0.15, 0.2) is 0 Å². The van der Waals surface area contributed by atoms with Gasteiger partial charge in [0.05, 0.1) is 6.61 Å². The highest BCUT2D eigenvalue weighted by atomic mass is 35.5. The van der Waals surface area contributed by atoms with Gasteiger partial charge in [0, 0.05) is 18.0 Å². The Hall–Kier alpha value is -1.22. The van der Waals surface area contributed by atoms with Gasteiger partial charge in [0.1, 0.15) is 5.75 Å². The number of nitrogens with one attached hydrogen (secondary N) is 1. The maximum absolute atomic E-state index is 12.2. The summed E-state index contributed by atoms with van der Waals surface area (Å²) in [5, 5.41) is 3.05. The summed E-state index contributed by atoms with van der Waals surface area (Å²) < 4.78 is 5.38. The molecule has 1 aliphatic rings. The predicted octanol–water partition coefficient (Wildman–Crippen LogP) is 3.86. The number of amides is 1. The fourth-order valence-corrected chi connectivity index (χ4v) is 3.36. The zero-order valence-electron chi connectivity index (χ0n) is 12.6. The molecule has 0 saturated heterocycles. The van der Waals surface area contributed by atoms with Gasteiger partial charge in [0.2, 0.25) is 0 Å². The van der Waals surface area contributed by atoms with Crippen LogP contribution in [0.3, 0.4) is 0 Å². The minimum absolute atomic E-state index is 0.0167. The van der Waals surface area contributed by atoms with Crippen LogP contribution in [0, 0.1) is 11.8 Å². The van der Waals surface area contributed by atoms with Crippen molar-refractivity contribution < 1.29 is 9.53 Å². The molecule has 2 atom stereocenters. The third kappa shape index (κ3) is 4.63. The average Bonchev–Trinajstić information content (AvgIpc) is 2.54. The van der Waals surface area contributed by atoms with Crippen LogP contribution >= 0.6 is 11.6 Å². The summed E-state index contributed by atoms with van der Waals surface area (Å²) in [5.41, 5.74) is 0.677. The van der Waals surface area contributed by atoms with E-state index in [-0.39, 0.29) is 5.91 Å². The van der Waals surface area contributed by atoms with Crippen molar-refractivity contribution >= 4 is 17.5 Å². The Bertz CT molecular complexity index is 447. The second-order valence-electron chi connectivity index (χ2n) is 5.63. The lowest BCUT2D eigenvalue weighted by atomic mass is 9.80. The molecule has 0 aliphatic heterocycles. The summed E-state index contributed by atoms with van der Waals surface area (Å²) in [6, 6.07) is 7.28. The maximum Gasteiger partial charge on any atom is 0.251 e. The first kappa shape index (κ1) is 16.2. The number of benzene rings is 1. The summed E-state index contributed by atoms with van der Waals surface area (Å²) in [4.78, 5) is 12.2. The molecule has 3 nitrogen and oxygen atoms in total. The van der Waals surface area contributed by atoms with Crippen molar-refractivity contribution in [3.05, 3.63) is 29.8 Å². The quantitative estimate of drug-likeness (QED) is 0.810. The zero-order valence-corrected chi connectivity index (χ0v) is 13.4. The van der Waals surface area contributed by atoms with Crippen LogP contribution < -0.4 is 10.1 Å². The van der Waals surface area contributed by atoms with Crippen LogP contribution in [0.4, 0.5) is 0 Å². The Morgan fingerprint density at radius 2 is 1.90 bits per heavy atom. The lowest BCUT2D eigenvalue weighted by molar-refractivity contribution is 0.0936. The van der Waals surface area contributed by atoms with Gasteiger partial charge in [-0.05, 0) is 55.9 Å². The average molecular weight is 310 g/mol. The molecular weight excluding hydrogens is 286 g/mol. The molecule has 1 aliphatic carbocycles. The Morgan fingerprint density at radius 3 is 2.52 bits per heavy atom. The highest BCUT2D eigenvalue weighted by Gasteiger charge is 2.24. The highest BCUT2D eigenvalue weighted by Crippen LogP contribution is 2.30. The van der Waals surface area contributed by atoms with Crippen molar-refractivity contribution in [2.45, 2.75) is 32.6 Å². The van der Waals surface area contributed by atoms with E-state index in [0.717, 1.165) is 12.3 Å². The van der Waals surface area contributed by atoms with Crippen molar-refractivity contribution in [1.82, 2.24) is 5.32 Å². The number of carbonyl (C=O) groups excluding carboxylic acids is 1. The lowest BCUT2D eigenvalue weighted by Gasteiger charge is -2.30. The molecule has 1 amide bonds. The van der Waals surface area contributed by atoms with E-state index in [1.807, 2.05) is 19.1 Å². The Morgan fingerprint density at radius 1 is 1.24 bits per heavy atom. The molecular formula is C17H24ClNO2. The molecule has 1 N–H and O–H groups in total. The molecule has 1 fully saturated rings. The minimum atomic E-state index is -0.0167. The van der Waals surface area contributed by atoms with Gasteiger partial charge < -0.3 is 10.1 Å². The SMILES string of the molecule is CCOc1ccc(C(=O)NCC2CCCCC2CCl)cc1. The van der Waals surface area contributed by atoms with E-state index in [0.29, 0.717) is 29.9 Å². The van der Waals surface area contributed by atoms with E-state index in [1.165, 1.54) is 25.7 Å². The normalized spacial score (nSPS) is 21.8. The first-order valence-corrected chi connectivity index (χ1v) is 8.35. The Kier molecular flexibility index (Phi) is 6.37. The van der Waals surface area contributed by atoms with E-state index in [4.69, 9.17) is 16.3 Å². The summed E-state index contributed by atoms with van der Waals surface area (Å²) in [6.45, 7) is 3.30. The predicted molar refractivity (Wildman–Crippen MR) is 86.1 cm³/mol. The number of alkyl halides is 1. The molecule has 0 aromatic heterocycles. The van der Waals surface area contributed by atoms with Crippen LogP contribution in [0.2, 0.25) is 0 Å². The van der Waals surface area contributed by atoms with Gasteiger partial charge in [0.25, 0.3) is 5.91 Å². The lowest BCUT2D eigenvalue weighted by Crippen LogP contribution is -2.34. The molecule has 2 unspecified atom stereocenters. The first-order valence-electron chi connectivity index (χ1n) is 7.81. The van der Waals surface area contributed by atoms with Gasteiger partial charge in [-0.15, -0.1) is 11.6 Å². The van der Waals surface area contributed by atoms with Crippen molar-refractivity contribution in [3.63, 3.8) is 0 Å². The molecule has 2 rings (SSSR count). The number of hydrogen-bond acceptors (Lipinski definition) is 2. The fraction of sp³-hybridized carbons (Fsp3) is 0.588. The molecule has 116 valence electrons. The van der Waals surface area contributed by atoms with Crippen LogP contribution in [0.1, 0.15) is 43.0 Å². The molecule has 1 aromatic rings. The monoisotopic (exact) mass is 309 g/mol. The van der Waals surface area contributed by atoms with Crippen LogP contribution in [-0.4, -0.2) is 24.9 Å². The van der Waals surface area contributed by atoms with Crippen LogP contribution in [0.25, 0.3) is 0 Å². The number of carbonyl (C=O) groups is 1. The molecule has 4 heteroatoms. The zero-order chi connectivity index (χ0) is 15.1. The van der Waals surface area contributed by atoms with Crippen molar-refractivity contribution in [3.8, 4) is 5.75 Å². The summed E-state index contributed by atoms with van der Waals surface area (Å²) >= 11 is 6.03. The van der Waals surface area contributed by atoms with Crippen molar-refractivity contribution in [1.29, 1.82) is 0 Å². The third-order valence-electron chi connectivity index (χ3n) is 4.22. The van der Waals surface area contributed by atoms with Crippen LogP contribution in [-0.2, 0) is 0 Å². The molecule has 1 saturated carbocycles. The Labute approximate surface area is 132 Å². The smallest absolute Gasteiger partial charge is 0.251 e. The molecule has 0 radical (unpaired) electrons. The summed E-state index contributed by atoms with van der Waals surface area (Å²) in [7, 11) is 0. The molecule has 0 bridgehead atoms. The third-order valence-corrected chi connectivity index (χ3v) is 4.61. The van der Waals surface area contributed by atoms with Gasteiger partial charge in [-0.2, -0.15) is 0 Å².